The van der Waals surface area contributed by atoms with E-state index in [1.165, 1.54) is 11.3 Å². The maximum atomic E-state index is 5.79. The highest BCUT2D eigenvalue weighted by Gasteiger charge is 2.06. The molecule has 2 aromatic rings. The van der Waals surface area contributed by atoms with Gasteiger partial charge in [-0.05, 0) is 44.2 Å². The van der Waals surface area contributed by atoms with Crippen molar-refractivity contribution < 1.29 is 4.74 Å². The third kappa shape index (κ3) is 5.12. The maximum Gasteiger partial charge on any atom is 0.119 e. The van der Waals surface area contributed by atoms with Crippen molar-refractivity contribution in [1.82, 2.24) is 0 Å². The van der Waals surface area contributed by atoms with Gasteiger partial charge < -0.3 is 15.4 Å². The molecule has 0 spiro atoms. The number of hydrogen-bond acceptors (Lipinski definition) is 3. The number of aryl methyl sites for hydroxylation is 1. The number of benzene rings is 2. The van der Waals surface area contributed by atoms with Gasteiger partial charge in [0.2, 0.25) is 0 Å². The van der Waals surface area contributed by atoms with E-state index in [4.69, 9.17) is 10.5 Å². The van der Waals surface area contributed by atoms with E-state index in [2.05, 4.69) is 36.1 Å². The van der Waals surface area contributed by atoms with Gasteiger partial charge in [0, 0.05) is 12.2 Å². The monoisotopic (exact) mass is 284 g/mol. The van der Waals surface area contributed by atoms with Gasteiger partial charge in [0.05, 0.1) is 6.54 Å². The summed E-state index contributed by atoms with van der Waals surface area (Å²) in [5.74, 6) is 0.917. The van der Waals surface area contributed by atoms with Gasteiger partial charge in [0.25, 0.3) is 0 Å². The average Bonchev–Trinajstić information content (AvgIpc) is 2.53. The fraction of sp³-hybridized carbons (Fsp3) is 0.333. The number of nitrogens with zero attached hydrogens (tertiary/aromatic N) is 1. The van der Waals surface area contributed by atoms with Gasteiger partial charge in [0.1, 0.15) is 12.4 Å². The zero-order valence-electron chi connectivity index (χ0n) is 12.7. The van der Waals surface area contributed by atoms with Crippen LogP contribution >= 0.6 is 0 Å². The van der Waals surface area contributed by atoms with E-state index < -0.39 is 0 Å². The molecule has 0 heterocycles. The molecule has 0 aromatic heterocycles. The van der Waals surface area contributed by atoms with Crippen LogP contribution in [0.1, 0.15) is 12.0 Å². The minimum absolute atomic E-state index is 0.669. The lowest BCUT2D eigenvalue weighted by Gasteiger charge is -2.25. The Morgan fingerprint density at radius 1 is 0.952 bits per heavy atom. The molecule has 0 atom stereocenters. The SMILES string of the molecule is Cc1ccc(N(CCCN)CCOc2ccccc2)cc1. The van der Waals surface area contributed by atoms with E-state index in [0.717, 1.165) is 25.3 Å². The number of nitrogens with two attached hydrogens (primary N) is 1. The molecule has 2 aromatic carbocycles. The Labute approximate surface area is 127 Å². The summed E-state index contributed by atoms with van der Waals surface area (Å²) in [5.41, 5.74) is 8.14. The standard InChI is InChI=1S/C18H24N2O/c1-16-8-10-17(11-9-16)20(13-5-12-19)14-15-21-18-6-3-2-4-7-18/h2-4,6-11H,5,12-15,19H2,1H3. The first-order valence-electron chi connectivity index (χ1n) is 7.49. The van der Waals surface area contributed by atoms with Crippen LogP contribution in [-0.4, -0.2) is 26.2 Å². The Morgan fingerprint density at radius 2 is 1.67 bits per heavy atom. The first kappa shape index (κ1) is 15.4. The number of ether oxygens (including phenoxy) is 1. The van der Waals surface area contributed by atoms with Crippen LogP contribution in [-0.2, 0) is 0 Å². The summed E-state index contributed by atoms with van der Waals surface area (Å²) < 4.78 is 5.79. The summed E-state index contributed by atoms with van der Waals surface area (Å²) >= 11 is 0. The fourth-order valence-electron chi connectivity index (χ4n) is 2.20. The second-order valence-electron chi connectivity index (χ2n) is 5.13. The van der Waals surface area contributed by atoms with E-state index in [9.17, 15) is 0 Å². The minimum Gasteiger partial charge on any atom is -0.492 e. The molecule has 0 aliphatic carbocycles. The van der Waals surface area contributed by atoms with Gasteiger partial charge in [0.15, 0.2) is 0 Å². The van der Waals surface area contributed by atoms with Gasteiger partial charge in [-0.2, -0.15) is 0 Å². The highest BCUT2D eigenvalue weighted by molar-refractivity contribution is 5.47. The number of para-hydroxylation sites is 1. The van der Waals surface area contributed by atoms with Crippen LogP contribution in [0.4, 0.5) is 5.69 Å². The predicted molar refractivity (Wildman–Crippen MR) is 89.0 cm³/mol. The Morgan fingerprint density at radius 3 is 2.33 bits per heavy atom. The summed E-state index contributed by atoms with van der Waals surface area (Å²) in [5, 5.41) is 0. The molecule has 3 heteroatoms. The summed E-state index contributed by atoms with van der Waals surface area (Å²) in [6, 6.07) is 18.5. The van der Waals surface area contributed by atoms with Gasteiger partial charge in [-0.15, -0.1) is 0 Å². The lowest BCUT2D eigenvalue weighted by Crippen LogP contribution is -2.30. The number of rotatable bonds is 8. The molecule has 3 nitrogen and oxygen atoms in total. The number of anilines is 1. The number of hydrogen-bond donors (Lipinski definition) is 1. The minimum atomic E-state index is 0.669. The lowest BCUT2D eigenvalue weighted by atomic mass is 10.2. The van der Waals surface area contributed by atoms with Crippen LogP contribution in [0, 0.1) is 6.92 Å². The zero-order valence-corrected chi connectivity index (χ0v) is 12.7. The normalized spacial score (nSPS) is 10.4. The summed E-state index contributed by atoms with van der Waals surface area (Å²) in [7, 11) is 0. The zero-order chi connectivity index (χ0) is 14.9. The van der Waals surface area contributed by atoms with Crippen LogP contribution in [0.3, 0.4) is 0 Å². The first-order valence-corrected chi connectivity index (χ1v) is 7.49. The largest absolute Gasteiger partial charge is 0.492 e. The van der Waals surface area contributed by atoms with Crippen molar-refractivity contribution in [3.8, 4) is 5.75 Å². The van der Waals surface area contributed by atoms with Crippen LogP contribution in [0.25, 0.3) is 0 Å². The average molecular weight is 284 g/mol. The van der Waals surface area contributed by atoms with E-state index in [1.54, 1.807) is 0 Å². The van der Waals surface area contributed by atoms with E-state index in [0.29, 0.717) is 13.2 Å². The third-order valence-corrected chi connectivity index (χ3v) is 3.40. The molecule has 0 saturated heterocycles. The summed E-state index contributed by atoms with van der Waals surface area (Å²) in [6.45, 7) is 5.30. The van der Waals surface area contributed by atoms with Crippen molar-refractivity contribution in [2.24, 2.45) is 5.73 Å². The molecular weight excluding hydrogens is 260 g/mol. The van der Waals surface area contributed by atoms with Crippen molar-refractivity contribution >= 4 is 5.69 Å². The van der Waals surface area contributed by atoms with Crippen LogP contribution in [0.15, 0.2) is 54.6 Å². The molecule has 2 rings (SSSR count). The summed E-state index contributed by atoms with van der Waals surface area (Å²) in [6.07, 6.45) is 0.985. The van der Waals surface area contributed by atoms with Gasteiger partial charge in [-0.3, -0.25) is 0 Å². The highest BCUT2D eigenvalue weighted by atomic mass is 16.5. The topological polar surface area (TPSA) is 38.5 Å². The maximum absolute atomic E-state index is 5.79. The predicted octanol–water partition coefficient (Wildman–Crippen LogP) is 3.23. The molecule has 0 saturated carbocycles. The van der Waals surface area contributed by atoms with Crippen molar-refractivity contribution in [3.05, 3.63) is 60.2 Å². The van der Waals surface area contributed by atoms with Crippen LogP contribution in [0.5, 0.6) is 5.75 Å². The molecule has 0 bridgehead atoms. The van der Waals surface area contributed by atoms with E-state index in [1.807, 2.05) is 30.3 Å². The van der Waals surface area contributed by atoms with Crippen molar-refractivity contribution in [1.29, 1.82) is 0 Å². The molecule has 21 heavy (non-hydrogen) atoms. The highest BCUT2D eigenvalue weighted by Crippen LogP contribution is 2.16. The molecule has 0 amide bonds. The van der Waals surface area contributed by atoms with Crippen molar-refractivity contribution in [2.45, 2.75) is 13.3 Å². The molecule has 2 N–H and O–H groups in total. The molecule has 112 valence electrons. The van der Waals surface area contributed by atoms with Gasteiger partial charge in [-0.1, -0.05) is 35.9 Å². The lowest BCUT2D eigenvalue weighted by molar-refractivity contribution is 0.323. The van der Waals surface area contributed by atoms with E-state index in [-0.39, 0.29) is 0 Å². The fourth-order valence-corrected chi connectivity index (χ4v) is 2.20. The molecule has 0 unspecified atom stereocenters. The van der Waals surface area contributed by atoms with Crippen LogP contribution < -0.4 is 15.4 Å². The quantitative estimate of drug-likeness (QED) is 0.809. The van der Waals surface area contributed by atoms with Gasteiger partial charge >= 0.3 is 0 Å². The molecular formula is C18H24N2O. The second kappa shape index (κ2) is 8.32. The van der Waals surface area contributed by atoms with Crippen molar-refractivity contribution in [2.75, 3.05) is 31.1 Å². The first-order chi connectivity index (χ1) is 10.3. The Bertz CT molecular complexity index is 511. The molecule has 0 radical (unpaired) electrons. The third-order valence-electron chi connectivity index (χ3n) is 3.40. The Balaban J connectivity index is 1.91. The summed E-state index contributed by atoms with van der Waals surface area (Å²) in [4.78, 5) is 2.33. The van der Waals surface area contributed by atoms with Crippen LogP contribution in [0.2, 0.25) is 0 Å². The Hall–Kier alpha value is -2.00. The molecule has 0 aliphatic rings. The van der Waals surface area contributed by atoms with Gasteiger partial charge in [-0.25, -0.2) is 0 Å². The second-order valence-corrected chi connectivity index (χ2v) is 5.13. The van der Waals surface area contributed by atoms with E-state index >= 15 is 0 Å². The Kier molecular flexibility index (Phi) is 6.10. The smallest absolute Gasteiger partial charge is 0.119 e. The molecule has 0 aliphatic heterocycles. The molecule has 0 fully saturated rings. The van der Waals surface area contributed by atoms with Crippen molar-refractivity contribution in [3.63, 3.8) is 0 Å².